The largest absolute Gasteiger partial charge is 0.467 e. The Morgan fingerprint density at radius 2 is 1.43 bits per heavy atom. The average Bonchev–Trinajstić information content (AvgIpc) is 3.32. The fourth-order valence-electron chi connectivity index (χ4n) is 2.92. The molecule has 1 aromatic heterocycles. The maximum atomic E-state index is 12.6. The van der Waals surface area contributed by atoms with Crippen LogP contribution in [0.4, 0.5) is 21.9 Å². The number of carbonyl (C=O) groups excluding carboxylic acids is 3. The fourth-order valence-corrected chi connectivity index (χ4v) is 4.12. The van der Waals surface area contributed by atoms with E-state index in [0.29, 0.717) is 22.8 Å². The van der Waals surface area contributed by atoms with Crippen molar-refractivity contribution in [2.24, 2.45) is 0 Å². The number of hydrogen-bond donors (Lipinski definition) is 5. The van der Waals surface area contributed by atoms with Crippen LogP contribution in [-0.2, 0) is 26.2 Å². The molecule has 1 atom stereocenters. The van der Waals surface area contributed by atoms with Crippen LogP contribution in [0.2, 0.25) is 0 Å². The Hall–Kier alpha value is -4.16. The standard InChI is InChI=1S/C23H25N5O6S/c1-15(28-35(32,33)21-11-9-17(10-12-21)25-16(2)29)22(30)26-18-5-7-19(8-6-18)27-23(31)24-14-20-4-3-13-34-20/h3-13,15,28H,14H2,1-2H3,(H,25,29)(H,26,30)(H2,24,27,31)/t15-/m0/s1. The summed E-state index contributed by atoms with van der Waals surface area (Å²) in [6.45, 7) is 3.00. The van der Waals surface area contributed by atoms with Gasteiger partial charge >= 0.3 is 6.03 Å². The number of rotatable bonds is 9. The summed E-state index contributed by atoms with van der Waals surface area (Å²) in [6.07, 6.45) is 1.51. The summed E-state index contributed by atoms with van der Waals surface area (Å²) >= 11 is 0. The fraction of sp³-hybridized carbons (Fsp3) is 0.174. The van der Waals surface area contributed by atoms with Gasteiger partial charge in [0.2, 0.25) is 21.8 Å². The Bertz CT molecular complexity index is 1270. The van der Waals surface area contributed by atoms with Crippen LogP contribution in [0.5, 0.6) is 0 Å². The Balaban J connectivity index is 1.51. The molecule has 0 saturated heterocycles. The van der Waals surface area contributed by atoms with Gasteiger partial charge in [0.1, 0.15) is 5.76 Å². The van der Waals surface area contributed by atoms with Gasteiger partial charge < -0.3 is 25.7 Å². The number of sulfonamides is 1. The van der Waals surface area contributed by atoms with Gasteiger partial charge in [-0.1, -0.05) is 0 Å². The van der Waals surface area contributed by atoms with Gasteiger partial charge in [0, 0.05) is 24.0 Å². The van der Waals surface area contributed by atoms with E-state index in [1.165, 1.54) is 44.4 Å². The molecule has 1 heterocycles. The maximum absolute atomic E-state index is 12.6. The van der Waals surface area contributed by atoms with Gasteiger partial charge in [-0.2, -0.15) is 4.72 Å². The molecule has 0 fully saturated rings. The van der Waals surface area contributed by atoms with E-state index in [-0.39, 0.29) is 17.3 Å². The number of hydrogen-bond acceptors (Lipinski definition) is 6. The minimum absolute atomic E-state index is 0.0491. The highest BCUT2D eigenvalue weighted by Crippen LogP contribution is 2.16. The third-order valence-electron chi connectivity index (χ3n) is 4.62. The van der Waals surface area contributed by atoms with Crippen LogP contribution < -0.4 is 26.0 Å². The number of benzene rings is 2. The number of nitrogens with one attached hydrogen (secondary N) is 5. The lowest BCUT2D eigenvalue weighted by Gasteiger charge is -2.15. The molecule has 0 aliphatic heterocycles. The predicted octanol–water partition coefficient (Wildman–Crippen LogP) is 2.87. The number of anilines is 3. The molecule has 184 valence electrons. The molecular formula is C23H25N5O6S. The van der Waals surface area contributed by atoms with Crippen LogP contribution in [0.15, 0.2) is 76.2 Å². The van der Waals surface area contributed by atoms with Crippen molar-refractivity contribution >= 4 is 44.9 Å². The maximum Gasteiger partial charge on any atom is 0.319 e. The summed E-state index contributed by atoms with van der Waals surface area (Å²) in [4.78, 5) is 35.5. The molecule has 11 nitrogen and oxygen atoms in total. The van der Waals surface area contributed by atoms with E-state index >= 15 is 0 Å². The normalized spacial score (nSPS) is 11.8. The Labute approximate surface area is 202 Å². The van der Waals surface area contributed by atoms with Crippen LogP contribution >= 0.6 is 0 Å². The zero-order chi connectivity index (χ0) is 25.4. The molecule has 0 aliphatic rings. The summed E-state index contributed by atoms with van der Waals surface area (Å²) in [5.74, 6) is -0.230. The minimum atomic E-state index is -3.97. The monoisotopic (exact) mass is 499 g/mol. The predicted molar refractivity (Wildman–Crippen MR) is 130 cm³/mol. The summed E-state index contributed by atoms with van der Waals surface area (Å²) in [7, 11) is -3.97. The van der Waals surface area contributed by atoms with Crippen molar-refractivity contribution < 1.29 is 27.2 Å². The van der Waals surface area contributed by atoms with Crippen LogP contribution in [0.25, 0.3) is 0 Å². The van der Waals surface area contributed by atoms with Crippen molar-refractivity contribution in [2.45, 2.75) is 31.3 Å². The first kappa shape index (κ1) is 25.5. The first-order chi connectivity index (χ1) is 16.6. The van der Waals surface area contributed by atoms with E-state index in [0.717, 1.165) is 0 Å². The Morgan fingerprint density at radius 3 is 2.00 bits per heavy atom. The summed E-state index contributed by atoms with van der Waals surface area (Å²) in [5, 5.41) is 10.5. The lowest BCUT2D eigenvalue weighted by atomic mass is 10.2. The van der Waals surface area contributed by atoms with Crippen molar-refractivity contribution in [1.29, 1.82) is 0 Å². The van der Waals surface area contributed by atoms with Crippen LogP contribution in [0, 0.1) is 0 Å². The smallest absolute Gasteiger partial charge is 0.319 e. The van der Waals surface area contributed by atoms with Gasteiger partial charge in [-0.05, 0) is 67.6 Å². The SMILES string of the molecule is CC(=O)Nc1ccc(S(=O)(=O)N[C@@H](C)C(=O)Nc2ccc(NC(=O)NCc3ccco3)cc2)cc1. The Kier molecular flexibility index (Phi) is 8.23. The highest BCUT2D eigenvalue weighted by molar-refractivity contribution is 7.89. The summed E-state index contributed by atoms with van der Waals surface area (Å²) < 4.78 is 32.6. The lowest BCUT2D eigenvalue weighted by molar-refractivity contribution is -0.117. The van der Waals surface area contributed by atoms with Crippen LogP contribution in [0.3, 0.4) is 0 Å². The third-order valence-corrected chi connectivity index (χ3v) is 6.18. The van der Waals surface area contributed by atoms with Crippen molar-refractivity contribution in [3.63, 3.8) is 0 Å². The van der Waals surface area contributed by atoms with Gasteiger partial charge in [-0.3, -0.25) is 9.59 Å². The molecule has 0 spiro atoms. The van der Waals surface area contributed by atoms with Crippen molar-refractivity contribution in [2.75, 3.05) is 16.0 Å². The number of carbonyl (C=O) groups is 3. The minimum Gasteiger partial charge on any atom is -0.467 e. The molecule has 3 rings (SSSR count). The highest BCUT2D eigenvalue weighted by atomic mass is 32.2. The molecule has 2 aromatic carbocycles. The van der Waals surface area contributed by atoms with E-state index in [9.17, 15) is 22.8 Å². The van der Waals surface area contributed by atoms with Crippen molar-refractivity contribution in [3.8, 4) is 0 Å². The van der Waals surface area contributed by atoms with Gasteiger partial charge in [-0.25, -0.2) is 13.2 Å². The molecule has 4 amide bonds. The molecule has 3 aromatic rings. The molecule has 0 bridgehead atoms. The zero-order valence-corrected chi connectivity index (χ0v) is 19.8. The summed E-state index contributed by atoms with van der Waals surface area (Å²) in [5.41, 5.74) is 1.37. The Morgan fingerprint density at radius 1 is 0.857 bits per heavy atom. The molecule has 0 radical (unpaired) electrons. The van der Waals surface area contributed by atoms with E-state index in [1.54, 1.807) is 36.4 Å². The van der Waals surface area contributed by atoms with Crippen molar-refractivity contribution in [1.82, 2.24) is 10.0 Å². The van der Waals surface area contributed by atoms with Gasteiger partial charge in [0.25, 0.3) is 0 Å². The quantitative estimate of drug-likeness (QED) is 0.304. The number of amides is 4. The third kappa shape index (κ3) is 7.69. The van der Waals surface area contributed by atoms with Crippen molar-refractivity contribution in [3.05, 3.63) is 72.7 Å². The molecular weight excluding hydrogens is 474 g/mol. The lowest BCUT2D eigenvalue weighted by Crippen LogP contribution is -2.41. The second-order valence-electron chi connectivity index (χ2n) is 7.50. The van der Waals surface area contributed by atoms with E-state index in [4.69, 9.17) is 4.42 Å². The molecule has 12 heteroatoms. The topological polar surface area (TPSA) is 159 Å². The van der Waals surface area contributed by atoms with Crippen LogP contribution in [-0.4, -0.2) is 32.3 Å². The zero-order valence-electron chi connectivity index (χ0n) is 19.0. The van der Waals surface area contributed by atoms with Gasteiger partial charge in [0.05, 0.1) is 23.7 Å². The van der Waals surface area contributed by atoms with E-state index in [2.05, 4.69) is 26.0 Å². The first-order valence-corrected chi connectivity index (χ1v) is 12.0. The highest BCUT2D eigenvalue weighted by Gasteiger charge is 2.22. The van der Waals surface area contributed by atoms with Crippen LogP contribution in [0.1, 0.15) is 19.6 Å². The molecule has 35 heavy (non-hydrogen) atoms. The molecule has 0 saturated carbocycles. The van der Waals surface area contributed by atoms with Gasteiger partial charge in [0.15, 0.2) is 0 Å². The second-order valence-corrected chi connectivity index (χ2v) is 9.22. The molecule has 0 aliphatic carbocycles. The second kappa shape index (κ2) is 11.3. The van der Waals surface area contributed by atoms with E-state index in [1.807, 2.05) is 0 Å². The first-order valence-electron chi connectivity index (χ1n) is 10.5. The molecule has 5 N–H and O–H groups in total. The van der Waals surface area contributed by atoms with E-state index < -0.39 is 28.0 Å². The summed E-state index contributed by atoms with van der Waals surface area (Å²) in [6, 6.07) is 13.9. The average molecular weight is 500 g/mol. The molecule has 0 unspecified atom stereocenters. The number of furan rings is 1. The number of urea groups is 1. The van der Waals surface area contributed by atoms with Gasteiger partial charge in [-0.15, -0.1) is 0 Å².